The first-order chi connectivity index (χ1) is 20.8. The summed E-state index contributed by atoms with van der Waals surface area (Å²) >= 11 is 6.70. The summed E-state index contributed by atoms with van der Waals surface area (Å²) in [6, 6.07) is 7.89. The predicted octanol–water partition coefficient (Wildman–Crippen LogP) is 7.45. The van der Waals surface area contributed by atoms with E-state index in [0.717, 1.165) is 60.3 Å². The average Bonchev–Trinajstić information content (AvgIpc) is 3.40. The minimum atomic E-state index is -0.504. The number of carbonyl (C=O) groups is 2. The van der Waals surface area contributed by atoms with E-state index in [1.807, 2.05) is 59.7 Å². The second kappa shape index (κ2) is 12.8. The quantitative estimate of drug-likeness (QED) is 0.303. The molecule has 0 bridgehead atoms. The van der Waals surface area contributed by atoms with Gasteiger partial charge in [-0.15, -0.1) is 0 Å². The van der Waals surface area contributed by atoms with E-state index >= 15 is 0 Å². The van der Waals surface area contributed by atoms with Gasteiger partial charge in [0, 0.05) is 61.5 Å². The van der Waals surface area contributed by atoms with E-state index in [4.69, 9.17) is 26.1 Å². The fraction of sp³-hybridized carbons (Fsp3) is 0.576. The Kier molecular flexibility index (Phi) is 9.30. The Labute approximate surface area is 264 Å². The Bertz CT molecular complexity index is 1480. The highest BCUT2D eigenvalue weighted by molar-refractivity contribution is 6.33. The summed E-state index contributed by atoms with van der Waals surface area (Å²) in [5, 5.41) is 5.04. The summed E-state index contributed by atoms with van der Waals surface area (Å²) in [5.41, 5.74) is 2.52. The first kappa shape index (κ1) is 31.9. The molecule has 0 saturated carbocycles. The van der Waals surface area contributed by atoms with Gasteiger partial charge in [0.1, 0.15) is 22.7 Å². The van der Waals surface area contributed by atoms with Crippen LogP contribution in [-0.4, -0.2) is 80.9 Å². The lowest BCUT2D eigenvalue weighted by Gasteiger charge is -2.33. The minimum Gasteiger partial charge on any atom is -0.444 e. The summed E-state index contributed by atoms with van der Waals surface area (Å²) < 4.78 is 11.1. The fourth-order valence-corrected chi connectivity index (χ4v) is 6.00. The second-order valence-electron chi connectivity index (χ2n) is 13.9. The van der Waals surface area contributed by atoms with Crippen LogP contribution in [0.3, 0.4) is 0 Å². The van der Waals surface area contributed by atoms with Crippen molar-refractivity contribution in [3.8, 4) is 11.3 Å². The molecule has 2 saturated heterocycles. The SMILES string of the molecule is CC(C)(C)OC(=O)N1CCC(CNc2ccc(Cl)c(-c3ccnc4[nH]c(C5CCN(C(=O)OC(C)(C)C)CC5)cc34)n2)CC1. The summed E-state index contributed by atoms with van der Waals surface area (Å²) in [6.45, 7) is 14.8. The van der Waals surface area contributed by atoms with Gasteiger partial charge in [-0.3, -0.25) is 0 Å². The molecule has 2 N–H and O–H groups in total. The number of anilines is 1. The molecule has 3 aromatic heterocycles. The minimum absolute atomic E-state index is 0.240. The third-order valence-corrected chi connectivity index (χ3v) is 8.38. The molecule has 238 valence electrons. The van der Waals surface area contributed by atoms with E-state index in [9.17, 15) is 9.59 Å². The highest BCUT2D eigenvalue weighted by Crippen LogP contribution is 2.36. The number of amides is 2. The van der Waals surface area contributed by atoms with Gasteiger partial charge in [0.2, 0.25) is 0 Å². The number of rotatable bonds is 5. The Hall–Kier alpha value is -3.53. The molecule has 5 heterocycles. The van der Waals surface area contributed by atoms with Gasteiger partial charge in [-0.25, -0.2) is 19.6 Å². The average molecular weight is 625 g/mol. The number of pyridine rings is 2. The maximum atomic E-state index is 12.5. The molecule has 2 aliphatic rings. The summed E-state index contributed by atoms with van der Waals surface area (Å²) in [7, 11) is 0. The normalized spacial score (nSPS) is 17.2. The van der Waals surface area contributed by atoms with E-state index in [-0.39, 0.29) is 18.1 Å². The molecule has 0 radical (unpaired) electrons. The molecule has 2 amide bonds. The molecular formula is C33H45ClN6O4. The van der Waals surface area contributed by atoms with Crippen molar-refractivity contribution in [3.63, 3.8) is 0 Å². The van der Waals surface area contributed by atoms with Crippen LogP contribution < -0.4 is 5.32 Å². The van der Waals surface area contributed by atoms with E-state index in [2.05, 4.69) is 21.4 Å². The van der Waals surface area contributed by atoms with Crippen LogP contribution in [-0.2, 0) is 9.47 Å². The van der Waals surface area contributed by atoms with E-state index in [1.54, 1.807) is 16.0 Å². The molecule has 10 nitrogen and oxygen atoms in total. The van der Waals surface area contributed by atoms with E-state index in [1.165, 1.54) is 0 Å². The summed E-state index contributed by atoms with van der Waals surface area (Å²) in [5.74, 6) is 1.47. The highest BCUT2D eigenvalue weighted by atomic mass is 35.5. The number of ether oxygens (including phenoxy) is 2. The number of hydrogen-bond donors (Lipinski definition) is 2. The predicted molar refractivity (Wildman–Crippen MR) is 173 cm³/mol. The number of piperidine rings is 2. The van der Waals surface area contributed by atoms with Gasteiger partial charge >= 0.3 is 12.2 Å². The van der Waals surface area contributed by atoms with Crippen LogP contribution in [0.5, 0.6) is 0 Å². The Morgan fingerprint density at radius 3 is 2.11 bits per heavy atom. The lowest BCUT2D eigenvalue weighted by atomic mass is 9.93. The fourth-order valence-electron chi connectivity index (χ4n) is 5.80. The first-order valence-electron chi connectivity index (χ1n) is 15.6. The second-order valence-corrected chi connectivity index (χ2v) is 14.3. The van der Waals surface area contributed by atoms with E-state index < -0.39 is 11.2 Å². The number of halogens is 1. The van der Waals surface area contributed by atoms with E-state index in [0.29, 0.717) is 42.8 Å². The zero-order valence-corrected chi connectivity index (χ0v) is 27.5. The van der Waals surface area contributed by atoms with Crippen LogP contribution in [0.2, 0.25) is 5.02 Å². The zero-order valence-electron chi connectivity index (χ0n) is 26.7. The number of fused-ring (bicyclic) bond motifs is 1. The number of carbonyl (C=O) groups excluding carboxylic acids is 2. The molecule has 44 heavy (non-hydrogen) atoms. The van der Waals surface area contributed by atoms with Gasteiger partial charge in [-0.05, 0) is 97.4 Å². The van der Waals surface area contributed by atoms with Gasteiger partial charge in [0.25, 0.3) is 0 Å². The van der Waals surface area contributed by atoms with Crippen molar-refractivity contribution >= 4 is 40.6 Å². The standard InChI is InChI=1S/C33H45ClN6O4/c1-32(2,3)43-30(41)39-15-10-21(11-16-39)20-36-27-8-7-25(34)28(38-27)23-9-14-35-29-24(23)19-26(37-29)22-12-17-40(18-13-22)31(42)44-33(4,5)6/h7-9,14,19,21-22H,10-13,15-18,20H2,1-6H3,(H,35,37)(H,36,38). The van der Waals surface area contributed by atoms with Gasteiger partial charge < -0.3 is 29.6 Å². The smallest absolute Gasteiger partial charge is 0.410 e. The van der Waals surface area contributed by atoms with Gasteiger partial charge in [0.05, 0.1) is 10.7 Å². The maximum absolute atomic E-state index is 12.5. The number of aromatic nitrogens is 3. The van der Waals surface area contributed by atoms with Crippen molar-refractivity contribution in [2.75, 3.05) is 38.0 Å². The number of nitrogens with one attached hydrogen (secondary N) is 2. The van der Waals surface area contributed by atoms with Crippen molar-refractivity contribution in [1.29, 1.82) is 0 Å². The van der Waals surface area contributed by atoms with Crippen LogP contribution in [0, 0.1) is 5.92 Å². The maximum Gasteiger partial charge on any atom is 0.410 e. The molecule has 0 atom stereocenters. The number of hydrogen-bond acceptors (Lipinski definition) is 7. The number of aromatic amines is 1. The summed E-state index contributed by atoms with van der Waals surface area (Å²) in [4.78, 5) is 41.5. The van der Waals surface area contributed by atoms with Crippen molar-refractivity contribution in [1.82, 2.24) is 24.8 Å². The van der Waals surface area contributed by atoms with Crippen molar-refractivity contribution in [2.45, 2.75) is 84.3 Å². The highest BCUT2D eigenvalue weighted by Gasteiger charge is 2.29. The number of likely N-dealkylation sites (tertiary alicyclic amines) is 2. The molecule has 0 aromatic carbocycles. The van der Waals surface area contributed by atoms with Gasteiger partial charge in [-0.2, -0.15) is 0 Å². The van der Waals surface area contributed by atoms with Crippen molar-refractivity contribution < 1.29 is 19.1 Å². The van der Waals surface area contributed by atoms with Gasteiger partial charge in [-0.1, -0.05) is 11.6 Å². The topological polar surface area (TPSA) is 113 Å². The van der Waals surface area contributed by atoms with Crippen molar-refractivity contribution in [2.24, 2.45) is 5.92 Å². The molecule has 5 rings (SSSR count). The molecule has 3 aromatic rings. The first-order valence-corrected chi connectivity index (χ1v) is 16.0. The van der Waals surface area contributed by atoms with Crippen molar-refractivity contribution in [3.05, 3.63) is 41.2 Å². The molecule has 0 aliphatic carbocycles. The zero-order chi connectivity index (χ0) is 31.6. The summed E-state index contributed by atoms with van der Waals surface area (Å²) in [6.07, 6.45) is 4.78. The third kappa shape index (κ3) is 7.94. The van der Waals surface area contributed by atoms with Crippen LogP contribution >= 0.6 is 11.6 Å². The largest absolute Gasteiger partial charge is 0.444 e. The molecule has 0 unspecified atom stereocenters. The number of H-pyrrole nitrogens is 1. The van der Waals surface area contributed by atoms with Gasteiger partial charge in [0.15, 0.2) is 0 Å². The number of nitrogens with zero attached hydrogens (tertiary/aromatic N) is 4. The molecule has 0 spiro atoms. The van der Waals surface area contributed by atoms with Crippen LogP contribution in [0.1, 0.15) is 78.8 Å². The molecule has 11 heteroatoms. The molecule has 2 aliphatic heterocycles. The Morgan fingerprint density at radius 1 is 0.932 bits per heavy atom. The third-order valence-electron chi connectivity index (χ3n) is 8.08. The molecule has 2 fully saturated rings. The monoisotopic (exact) mass is 624 g/mol. The lowest BCUT2D eigenvalue weighted by molar-refractivity contribution is 0.0183. The van der Waals surface area contributed by atoms with Crippen LogP contribution in [0.4, 0.5) is 15.4 Å². The van der Waals surface area contributed by atoms with Crippen LogP contribution in [0.25, 0.3) is 22.3 Å². The Morgan fingerprint density at radius 2 is 1.52 bits per heavy atom. The van der Waals surface area contributed by atoms with Crippen LogP contribution in [0.15, 0.2) is 30.5 Å². The Balaban J connectivity index is 1.23. The molecular weight excluding hydrogens is 580 g/mol. The lowest BCUT2D eigenvalue weighted by Crippen LogP contribution is -2.42.